The van der Waals surface area contributed by atoms with Crippen LogP contribution in [0.2, 0.25) is 0 Å². The second-order valence-corrected chi connectivity index (χ2v) is 5.12. The van der Waals surface area contributed by atoms with Gasteiger partial charge in [-0.3, -0.25) is 0 Å². The Kier molecular flexibility index (Phi) is 4.18. The van der Waals surface area contributed by atoms with Crippen LogP contribution >= 0.6 is 0 Å². The lowest BCUT2D eigenvalue weighted by molar-refractivity contribution is 0.146. The minimum Gasteiger partial charge on any atom is -0.396 e. The highest BCUT2D eigenvalue weighted by atomic mass is 16.3. The summed E-state index contributed by atoms with van der Waals surface area (Å²) >= 11 is 0. The molecule has 0 spiro atoms. The van der Waals surface area contributed by atoms with Gasteiger partial charge in [0.05, 0.1) is 6.04 Å². The van der Waals surface area contributed by atoms with Gasteiger partial charge < -0.3 is 15.0 Å². The lowest BCUT2D eigenvalue weighted by Crippen LogP contribution is -2.41. The Bertz CT molecular complexity index is 350. The lowest BCUT2D eigenvalue weighted by Gasteiger charge is -2.33. The maximum atomic E-state index is 9.40. The number of aliphatic hydroxyl groups is 1. The average Bonchev–Trinajstić information content (AvgIpc) is 2.76. The summed E-state index contributed by atoms with van der Waals surface area (Å²) in [6.07, 6.45) is 8.62. The van der Waals surface area contributed by atoms with Gasteiger partial charge in [0.25, 0.3) is 0 Å². The number of nitrogens with one attached hydrogen (secondary N) is 1. The molecular formula is C13H23N3O. The number of aryl methyl sites for hydroxylation is 1. The van der Waals surface area contributed by atoms with Gasteiger partial charge in [0, 0.05) is 32.1 Å². The first kappa shape index (κ1) is 12.6. The van der Waals surface area contributed by atoms with Crippen molar-refractivity contribution in [2.24, 2.45) is 13.0 Å². The van der Waals surface area contributed by atoms with E-state index in [1.807, 2.05) is 19.4 Å². The molecular weight excluding hydrogens is 214 g/mol. The molecule has 3 unspecified atom stereocenters. The molecule has 3 atom stereocenters. The third-order valence-electron chi connectivity index (χ3n) is 3.85. The van der Waals surface area contributed by atoms with E-state index in [1.54, 1.807) is 0 Å². The smallest absolute Gasteiger partial charge is 0.125 e. The molecule has 0 bridgehead atoms. The number of nitrogens with zero attached hydrogens (tertiary/aromatic N) is 2. The van der Waals surface area contributed by atoms with Crippen molar-refractivity contribution < 1.29 is 5.11 Å². The molecule has 4 heteroatoms. The van der Waals surface area contributed by atoms with Crippen LogP contribution in [0.15, 0.2) is 12.4 Å². The van der Waals surface area contributed by atoms with Crippen LogP contribution in [0.1, 0.15) is 44.5 Å². The SMILES string of the molecule is CC(NC1CCCCC1CO)c1nccn1C. The summed E-state index contributed by atoms with van der Waals surface area (Å²) in [5, 5.41) is 13.0. The molecule has 2 N–H and O–H groups in total. The number of imidazole rings is 1. The highest BCUT2D eigenvalue weighted by Gasteiger charge is 2.26. The molecule has 17 heavy (non-hydrogen) atoms. The molecule has 4 nitrogen and oxygen atoms in total. The predicted molar refractivity (Wildman–Crippen MR) is 67.6 cm³/mol. The predicted octanol–water partition coefficient (Wildman–Crippen LogP) is 1.62. The van der Waals surface area contributed by atoms with Crippen LogP contribution in [-0.2, 0) is 7.05 Å². The number of rotatable bonds is 4. The van der Waals surface area contributed by atoms with E-state index in [2.05, 4.69) is 21.8 Å². The van der Waals surface area contributed by atoms with Gasteiger partial charge in [-0.1, -0.05) is 12.8 Å². The van der Waals surface area contributed by atoms with Crippen LogP contribution in [0, 0.1) is 5.92 Å². The third kappa shape index (κ3) is 2.87. The molecule has 0 radical (unpaired) electrons. The Morgan fingerprint density at radius 3 is 2.94 bits per heavy atom. The molecule has 0 saturated heterocycles. The van der Waals surface area contributed by atoms with Crippen molar-refractivity contribution in [2.75, 3.05) is 6.61 Å². The summed E-state index contributed by atoms with van der Waals surface area (Å²) in [6.45, 7) is 2.44. The fourth-order valence-electron chi connectivity index (χ4n) is 2.84. The number of aliphatic hydroxyl groups excluding tert-OH is 1. The maximum absolute atomic E-state index is 9.40. The Morgan fingerprint density at radius 1 is 1.53 bits per heavy atom. The van der Waals surface area contributed by atoms with Crippen LogP contribution in [0.5, 0.6) is 0 Å². The van der Waals surface area contributed by atoms with Gasteiger partial charge in [-0.25, -0.2) is 4.98 Å². The van der Waals surface area contributed by atoms with Crippen LogP contribution in [0.4, 0.5) is 0 Å². The molecule has 2 rings (SSSR count). The van der Waals surface area contributed by atoms with Crippen LogP contribution < -0.4 is 5.32 Å². The molecule has 0 aromatic carbocycles. The fraction of sp³-hybridized carbons (Fsp3) is 0.769. The summed E-state index contributed by atoms with van der Waals surface area (Å²) in [5.41, 5.74) is 0. The number of hydrogen-bond acceptors (Lipinski definition) is 3. The zero-order chi connectivity index (χ0) is 12.3. The Balaban J connectivity index is 1.97. The van der Waals surface area contributed by atoms with E-state index in [0.717, 1.165) is 12.2 Å². The molecule has 1 aliphatic rings. The third-order valence-corrected chi connectivity index (χ3v) is 3.85. The van der Waals surface area contributed by atoms with Gasteiger partial charge in [-0.05, 0) is 25.7 Å². The largest absolute Gasteiger partial charge is 0.396 e. The zero-order valence-corrected chi connectivity index (χ0v) is 10.8. The van der Waals surface area contributed by atoms with E-state index in [0.29, 0.717) is 18.6 Å². The highest BCUT2D eigenvalue weighted by molar-refractivity contribution is 4.98. The Morgan fingerprint density at radius 2 is 2.29 bits per heavy atom. The second kappa shape index (κ2) is 5.65. The zero-order valence-electron chi connectivity index (χ0n) is 10.8. The molecule has 0 amide bonds. The number of aromatic nitrogens is 2. The van der Waals surface area contributed by atoms with Crippen molar-refractivity contribution in [3.05, 3.63) is 18.2 Å². The van der Waals surface area contributed by atoms with Crippen LogP contribution in [-0.4, -0.2) is 27.3 Å². The minimum absolute atomic E-state index is 0.243. The molecule has 0 aliphatic heterocycles. The van der Waals surface area contributed by atoms with E-state index >= 15 is 0 Å². The normalized spacial score (nSPS) is 27.0. The van der Waals surface area contributed by atoms with Crippen LogP contribution in [0.3, 0.4) is 0 Å². The maximum Gasteiger partial charge on any atom is 0.125 e. The first-order chi connectivity index (χ1) is 8.22. The molecule has 1 heterocycles. The van der Waals surface area contributed by atoms with Crippen LogP contribution in [0.25, 0.3) is 0 Å². The van der Waals surface area contributed by atoms with Gasteiger partial charge in [0.2, 0.25) is 0 Å². The molecule has 1 aromatic heterocycles. The second-order valence-electron chi connectivity index (χ2n) is 5.12. The van der Waals surface area contributed by atoms with Gasteiger partial charge in [-0.15, -0.1) is 0 Å². The standard InChI is InChI=1S/C13H23N3O/c1-10(13-14-7-8-16(13)2)15-12-6-4-3-5-11(12)9-17/h7-8,10-12,15,17H,3-6,9H2,1-2H3. The fourth-order valence-corrected chi connectivity index (χ4v) is 2.84. The van der Waals surface area contributed by atoms with Crippen molar-refractivity contribution in [3.8, 4) is 0 Å². The van der Waals surface area contributed by atoms with E-state index in [4.69, 9.17) is 0 Å². The first-order valence-electron chi connectivity index (χ1n) is 6.56. The van der Waals surface area contributed by atoms with E-state index < -0.39 is 0 Å². The Hall–Kier alpha value is -0.870. The summed E-state index contributed by atoms with van der Waals surface area (Å²) in [6, 6.07) is 0.674. The van der Waals surface area contributed by atoms with E-state index in [-0.39, 0.29) is 6.04 Å². The number of hydrogen-bond donors (Lipinski definition) is 2. The molecule has 1 aromatic rings. The summed E-state index contributed by atoms with van der Waals surface area (Å²) < 4.78 is 2.05. The first-order valence-corrected chi connectivity index (χ1v) is 6.56. The molecule has 1 aliphatic carbocycles. The lowest BCUT2D eigenvalue weighted by atomic mass is 9.84. The molecule has 1 saturated carbocycles. The quantitative estimate of drug-likeness (QED) is 0.836. The van der Waals surface area contributed by atoms with E-state index in [1.165, 1.54) is 19.3 Å². The van der Waals surface area contributed by atoms with Crippen molar-refractivity contribution >= 4 is 0 Å². The van der Waals surface area contributed by atoms with Gasteiger partial charge >= 0.3 is 0 Å². The molecule has 96 valence electrons. The summed E-state index contributed by atoms with van der Waals surface area (Å²) in [4.78, 5) is 4.37. The summed E-state index contributed by atoms with van der Waals surface area (Å²) in [5.74, 6) is 1.47. The highest BCUT2D eigenvalue weighted by Crippen LogP contribution is 2.26. The van der Waals surface area contributed by atoms with E-state index in [9.17, 15) is 5.11 Å². The van der Waals surface area contributed by atoms with Gasteiger partial charge in [0.1, 0.15) is 5.82 Å². The van der Waals surface area contributed by atoms with Crippen molar-refractivity contribution in [1.29, 1.82) is 0 Å². The Labute approximate surface area is 103 Å². The average molecular weight is 237 g/mol. The topological polar surface area (TPSA) is 50.1 Å². The van der Waals surface area contributed by atoms with Crippen molar-refractivity contribution in [1.82, 2.24) is 14.9 Å². The van der Waals surface area contributed by atoms with Crippen molar-refractivity contribution in [2.45, 2.75) is 44.7 Å². The summed E-state index contributed by atoms with van der Waals surface area (Å²) in [7, 11) is 2.02. The van der Waals surface area contributed by atoms with Gasteiger partial charge in [-0.2, -0.15) is 0 Å². The monoisotopic (exact) mass is 237 g/mol. The van der Waals surface area contributed by atoms with Gasteiger partial charge in [0.15, 0.2) is 0 Å². The minimum atomic E-state index is 0.243. The van der Waals surface area contributed by atoms with Crippen molar-refractivity contribution in [3.63, 3.8) is 0 Å². The molecule has 1 fully saturated rings.